The van der Waals surface area contributed by atoms with E-state index < -0.39 is 0 Å². The molecule has 0 radical (unpaired) electrons. The highest BCUT2D eigenvalue weighted by Crippen LogP contribution is 2.30. The van der Waals surface area contributed by atoms with E-state index in [2.05, 4.69) is 17.1 Å². The van der Waals surface area contributed by atoms with Crippen molar-refractivity contribution in [2.24, 2.45) is 0 Å². The van der Waals surface area contributed by atoms with Gasteiger partial charge in [-0.3, -0.25) is 9.59 Å². The van der Waals surface area contributed by atoms with Crippen molar-refractivity contribution in [2.45, 2.75) is 44.9 Å². The second-order valence-corrected chi connectivity index (χ2v) is 9.58. The lowest BCUT2D eigenvalue weighted by Crippen LogP contribution is -2.38. The zero-order chi connectivity index (χ0) is 21.6. The van der Waals surface area contributed by atoms with Crippen LogP contribution in [0.15, 0.2) is 34.7 Å². The molecule has 1 aromatic carbocycles. The molecular formula is C24H31N3O3S. The van der Waals surface area contributed by atoms with E-state index in [9.17, 15) is 9.59 Å². The number of carbonyl (C=O) groups is 2. The summed E-state index contributed by atoms with van der Waals surface area (Å²) in [5, 5.41) is 0. The molecule has 7 heteroatoms. The standard InChI is InChI=1S/C24H31N3O3S/c1-18-22(24(29)27-14-16-31-17-15-27)25-23(30-18)20-10-12-26(13-11-20)21(28)9-5-8-19-6-3-2-4-7-19/h2-4,6-7,20H,5,8-17H2,1H3. The molecule has 3 heterocycles. The molecule has 0 saturated carbocycles. The van der Waals surface area contributed by atoms with Crippen molar-refractivity contribution in [2.75, 3.05) is 37.7 Å². The first kappa shape index (κ1) is 21.9. The Hall–Kier alpha value is -2.28. The van der Waals surface area contributed by atoms with Crippen LogP contribution in [0.5, 0.6) is 0 Å². The van der Waals surface area contributed by atoms with Crippen LogP contribution in [0.1, 0.15) is 59.3 Å². The molecule has 0 aliphatic carbocycles. The summed E-state index contributed by atoms with van der Waals surface area (Å²) in [6.45, 7) is 4.82. The fourth-order valence-corrected chi connectivity index (χ4v) is 5.23. The summed E-state index contributed by atoms with van der Waals surface area (Å²) in [7, 11) is 0. The van der Waals surface area contributed by atoms with Crippen LogP contribution in [0.3, 0.4) is 0 Å². The van der Waals surface area contributed by atoms with Crippen molar-refractivity contribution >= 4 is 23.6 Å². The number of oxazole rings is 1. The molecule has 0 spiro atoms. The summed E-state index contributed by atoms with van der Waals surface area (Å²) < 4.78 is 5.91. The number of likely N-dealkylation sites (tertiary alicyclic amines) is 1. The highest BCUT2D eigenvalue weighted by atomic mass is 32.2. The monoisotopic (exact) mass is 441 g/mol. The lowest BCUT2D eigenvalue weighted by atomic mass is 9.96. The zero-order valence-electron chi connectivity index (χ0n) is 18.2. The van der Waals surface area contributed by atoms with Gasteiger partial charge in [-0.15, -0.1) is 0 Å². The van der Waals surface area contributed by atoms with Gasteiger partial charge in [0.15, 0.2) is 11.6 Å². The van der Waals surface area contributed by atoms with Gasteiger partial charge in [0.1, 0.15) is 5.76 Å². The van der Waals surface area contributed by atoms with E-state index in [1.807, 2.05) is 46.7 Å². The van der Waals surface area contributed by atoms with E-state index in [1.54, 1.807) is 0 Å². The molecule has 0 N–H and O–H groups in total. The van der Waals surface area contributed by atoms with Crippen LogP contribution in [0.25, 0.3) is 0 Å². The minimum Gasteiger partial charge on any atom is -0.445 e. The fraction of sp³-hybridized carbons (Fsp3) is 0.542. The Morgan fingerprint density at radius 2 is 1.77 bits per heavy atom. The van der Waals surface area contributed by atoms with Crippen molar-refractivity contribution in [3.8, 4) is 0 Å². The predicted octanol–water partition coefficient (Wildman–Crippen LogP) is 3.90. The van der Waals surface area contributed by atoms with E-state index in [0.717, 1.165) is 63.4 Å². The smallest absolute Gasteiger partial charge is 0.276 e. The molecule has 4 rings (SSSR count). The van der Waals surface area contributed by atoms with E-state index in [4.69, 9.17) is 4.42 Å². The molecule has 2 aromatic rings. The first-order valence-electron chi connectivity index (χ1n) is 11.3. The molecule has 2 fully saturated rings. The maximum atomic E-state index is 12.8. The number of hydrogen-bond acceptors (Lipinski definition) is 5. The number of aromatic nitrogens is 1. The summed E-state index contributed by atoms with van der Waals surface area (Å²) >= 11 is 1.88. The molecule has 0 unspecified atom stereocenters. The predicted molar refractivity (Wildman–Crippen MR) is 122 cm³/mol. The molecule has 2 amide bonds. The highest BCUT2D eigenvalue weighted by molar-refractivity contribution is 7.99. The van der Waals surface area contributed by atoms with Gasteiger partial charge in [0.05, 0.1) is 0 Å². The maximum Gasteiger partial charge on any atom is 0.276 e. The lowest BCUT2D eigenvalue weighted by Gasteiger charge is -2.30. The van der Waals surface area contributed by atoms with Gasteiger partial charge in [-0.2, -0.15) is 11.8 Å². The number of nitrogens with zero attached hydrogens (tertiary/aromatic N) is 3. The van der Waals surface area contributed by atoms with Gasteiger partial charge in [0.25, 0.3) is 5.91 Å². The molecule has 0 atom stereocenters. The van der Waals surface area contributed by atoms with Crippen LogP contribution in [-0.2, 0) is 11.2 Å². The van der Waals surface area contributed by atoms with Gasteiger partial charge in [-0.25, -0.2) is 4.98 Å². The van der Waals surface area contributed by atoms with Crippen molar-refractivity contribution in [1.82, 2.24) is 14.8 Å². The Labute approximate surface area is 188 Å². The van der Waals surface area contributed by atoms with Crippen molar-refractivity contribution in [3.05, 3.63) is 53.2 Å². The number of thioether (sulfide) groups is 1. The quantitative estimate of drug-likeness (QED) is 0.680. The van der Waals surface area contributed by atoms with E-state index in [0.29, 0.717) is 23.8 Å². The third-order valence-electron chi connectivity index (χ3n) is 6.21. The second-order valence-electron chi connectivity index (χ2n) is 8.36. The van der Waals surface area contributed by atoms with Gasteiger partial charge in [0.2, 0.25) is 5.91 Å². The highest BCUT2D eigenvalue weighted by Gasteiger charge is 2.30. The summed E-state index contributed by atoms with van der Waals surface area (Å²) in [5.41, 5.74) is 1.74. The van der Waals surface area contributed by atoms with Crippen molar-refractivity contribution in [3.63, 3.8) is 0 Å². The SMILES string of the molecule is Cc1oc(C2CCN(C(=O)CCCc3ccccc3)CC2)nc1C(=O)N1CCSCC1. The summed E-state index contributed by atoms with van der Waals surface area (Å²) in [6, 6.07) is 10.3. The first-order chi connectivity index (χ1) is 15.1. The molecule has 31 heavy (non-hydrogen) atoms. The summed E-state index contributed by atoms with van der Waals surface area (Å²) in [6.07, 6.45) is 4.06. The Bertz CT molecular complexity index is 885. The number of piperidine rings is 1. The molecule has 2 aliphatic heterocycles. The molecule has 0 bridgehead atoms. The van der Waals surface area contributed by atoms with E-state index in [-0.39, 0.29) is 17.7 Å². The molecule has 6 nitrogen and oxygen atoms in total. The van der Waals surface area contributed by atoms with E-state index in [1.165, 1.54) is 5.56 Å². The number of amides is 2. The van der Waals surface area contributed by atoms with Crippen LogP contribution in [0, 0.1) is 6.92 Å². The third kappa shape index (κ3) is 5.50. The van der Waals surface area contributed by atoms with Crippen LogP contribution in [0.2, 0.25) is 0 Å². The average Bonchev–Trinajstić information content (AvgIpc) is 3.21. The van der Waals surface area contributed by atoms with Crippen molar-refractivity contribution < 1.29 is 14.0 Å². The molecule has 2 aliphatic rings. The molecule has 2 saturated heterocycles. The minimum atomic E-state index is -0.0150. The number of benzene rings is 1. The largest absolute Gasteiger partial charge is 0.445 e. The summed E-state index contributed by atoms with van der Waals surface area (Å²) in [4.78, 5) is 33.8. The Balaban J connectivity index is 1.26. The number of carbonyl (C=O) groups excluding carboxylic acids is 2. The Kier molecular flexibility index (Phi) is 7.33. The molecular weight excluding hydrogens is 410 g/mol. The van der Waals surface area contributed by atoms with Crippen LogP contribution >= 0.6 is 11.8 Å². The van der Waals surface area contributed by atoms with Crippen LogP contribution in [-0.4, -0.2) is 64.3 Å². The summed E-state index contributed by atoms with van der Waals surface area (Å²) in [5.74, 6) is 3.61. The van der Waals surface area contributed by atoms with Crippen molar-refractivity contribution in [1.29, 1.82) is 0 Å². The zero-order valence-corrected chi connectivity index (χ0v) is 19.0. The van der Waals surface area contributed by atoms with Crippen LogP contribution < -0.4 is 0 Å². The fourth-order valence-electron chi connectivity index (χ4n) is 4.33. The third-order valence-corrected chi connectivity index (χ3v) is 7.15. The van der Waals surface area contributed by atoms with E-state index >= 15 is 0 Å². The second kappa shape index (κ2) is 10.4. The number of hydrogen-bond donors (Lipinski definition) is 0. The molecule has 166 valence electrons. The first-order valence-corrected chi connectivity index (χ1v) is 12.4. The Morgan fingerprint density at radius 1 is 1.06 bits per heavy atom. The van der Waals surface area contributed by atoms with Gasteiger partial charge >= 0.3 is 0 Å². The van der Waals surface area contributed by atoms with Gasteiger partial charge in [-0.05, 0) is 38.2 Å². The lowest BCUT2D eigenvalue weighted by molar-refractivity contribution is -0.132. The number of aryl methyl sites for hydroxylation is 2. The topological polar surface area (TPSA) is 66.7 Å². The average molecular weight is 442 g/mol. The molecule has 1 aromatic heterocycles. The minimum absolute atomic E-state index is 0.0150. The van der Waals surface area contributed by atoms with Crippen LogP contribution in [0.4, 0.5) is 0 Å². The van der Waals surface area contributed by atoms with Gasteiger partial charge < -0.3 is 14.2 Å². The number of rotatable bonds is 6. The maximum absolute atomic E-state index is 12.8. The van der Waals surface area contributed by atoms with Gasteiger partial charge in [0, 0.05) is 50.0 Å². The Morgan fingerprint density at radius 3 is 2.48 bits per heavy atom. The normalized spacial score (nSPS) is 17.7. The van der Waals surface area contributed by atoms with Gasteiger partial charge in [-0.1, -0.05) is 30.3 Å².